The molecule has 25 nitrogen and oxygen atoms in total. The molecule has 0 bridgehead atoms. The van der Waals surface area contributed by atoms with Gasteiger partial charge in [0, 0.05) is 38.5 Å². The minimum Gasteiger partial charge on any atom is -0.481 e. The number of nitrogens with two attached hydrogens (primary N) is 1. The number of carboxylic acids is 7. The average Bonchev–Trinajstić information content (AvgIpc) is 3.08. The van der Waals surface area contributed by atoms with Crippen LogP contribution in [0.15, 0.2) is 0 Å². The molecule has 0 rings (SSSR count). The van der Waals surface area contributed by atoms with Crippen molar-refractivity contribution in [1.82, 2.24) is 26.6 Å². The maximum absolute atomic E-state index is 12.7. The number of carbonyl (C=O) groups is 12. The zero-order chi connectivity index (χ0) is 42.4. The van der Waals surface area contributed by atoms with Crippen LogP contribution in [-0.4, -0.2) is 143 Å². The quantitative estimate of drug-likeness (QED) is 0.0343. The highest BCUT2D eigenvalue weighted by Gasteiger charge is 2.30. The van der Waals surface area contributed by atoms with E-state index in [9.17, 15) is 78.0 Å². The van der Waals surface area contributed by atoms with Gasteiger partial charge in [0.25, 0.3) is 0 Å². The number of nitrogens with one attached hydrogen (secondary N) is 5. The lowest BCUT2D eigenvalue weighted by atomic mass is 10.1. The van der Waals surface area contributed by atoms with Crippen LogP contribution >= 0.6 is 0 Å². The zero-order valence-corrected chi connectivity index (χ0v) is 29.1. The Balaban J connectivity index is 5.23. The van der Waals surface area contributed by atoms with Crippen LogP contribution in [-0.2, 0) is 57.5 Å². The van der Waals surface area contributed by atoms with E-state index in [1.165, 1.54) is 0 Å². The molecule has 5 amide bonds. The highest BCUT2D eigenvalue weighted by molar-refractivity contribution is 5.91. The van der Waals surface area contributed by atoms with E-state index in [0.717, 1.165) is 0 Å². The molecule has 25 heteroatoms. The molecule has 0 aromatic rings. The lowest BCUT2D eigenvalue weighted by Gasteiger charge is -2.21. The second-order valence-electron chi connectivity index (χ2n) is 11.9. The van der Waals surface area contributed by atoms with Crippen molar-refractivity contribution in [1.29, 1.82) is 0 Å². The molecule has 308 valence electrons. The smallest absolute Gasteiger partial charge is 0.326 e. The first kappa shape index (κ1) is 48.6. The van der Waals surface area contributed by atoms with E-state index in [-0.39, 0.29) is 6.42 Å². The first-order valence-corrected chi connectivity index (χ1v) is 16.3. The SMILES string of the molecule is N[C@@H](CCC(=O)N[C@@H](CCC(=O)N[C@@H](CCC(=O)N[C@@H](CCC(=O)N[C@@H](CCC(=O)O)C(=O)N[C@@H](CCC(=O)O)C(=O)O)C(=O)O)C(=O)O)C(=O)O)C(=O)O. The van der Waals surface area contributed by atoms with E-state index in [4.69, 9.17) is 21.1 Å². The van der Waals surface area contributed by atoms with Gasteiger partial charge in [-0.3, -0.25) is 38.4 Å². The Bertz CT molecular complexity index is 1470. The monoisotopic (exact) mass is 792 g/mol. The van der Waals surface area contributed by atoms with Crippen LogP contribution in [0, 0.1) is 0 Å². The molecule has 0 heterocycles. The van der Waals surface area contributed by atoms with Crippen molar-refractivity contribution in [3.63, 3.8) is 0 Å². The Labute approximate surface area is 310 Å². The molecular weight excluding hydrogens is 748 g/mol. The average molecular weight is 793 g/mol. The Morgan fingerprint density at radius 2 is 0.600 bits per heavy atom. The van der Waals surface area contributed by atoms with Gasteiger partial charge in [0.05, 0.1) is 0 Å². The molecule has 6 atom stereocenters. The summed E-state index contributed by atoms with van der Waals surface area (Å²) in [4.78, 5) is 141. The van der Waals surface area contributed by atoms with Crippen molar-refractivity contribution >= 4 is 71.3 Å². The van der Waals surface area contributed by atoms with Gasteiger partial charge >= 0.3 is 41.8 Å². The van der Waals surface area contributed by atoms with Gasteiger partial charge in [-0.15, -0.1) is 0 Å². The zero-order valence-electron chi connectivity index (χ0n) is 29.1. The van der Waals surface area contributed by atoms with E-state index in [2.05, 4.69) is 21.3 Å². The molecule has 0 saturated heterocycles. The second kappa shape index (κ2) is 24.8. The molecular formula is C30H44N6O19. The fourth-order valence-electron chi connectivity index (χ4n) is 4.41. The highest BCUT2D eigenvalue weighted by Crippen LogP contribution is 2.08. The van der Waals surface area contributed by atoms with Gasteiger partial charge in [-0.2, -0.15) is 0 Å². The third-order valence-electron chi connectivity index (χ3n) is 7.44. The predicted octanol–water partition coefficient (Wildman–Crippen LogP) is -3.99. The van der Waals surface area contributed by atoms with Gasteiger partial charge < -0.3 is 68.1 Å². The Kier molecular flexibility index (Phi) is 21.9. The van der Waals surface area contributed by atoms with Gasteiger partial charge in [-0.25, -0.2) is 19.2 Å². The number of carboxylic acid groups (broad SMARTS) is 7. The van der Waals surface area contributed by atoms with Crippen molar-refractivity contribution in [3.8, 4) is 0 Å². The van der Waals surface area contributed by atoms with Gasteiger partial charge in [-0.05, 0) is 38.5 Å². The summed E-state index contributed by atoms with van der Waals surface area (Å²) >= 11 is 0. The summed E-state index contributed by atoms with van der Waals surface area (Å²) in [5.41, 5.74) is 5.29. The molecule has 0 fully saturated rings. The maximum Gasteiger partial charge on any atom is 0.326 e. The van der Waals surface area contributed by atoms with E-state index in [1.807, 2.05) is 5.32 Å². The normalized spacial score (nSPS) is 13.9. The highest BCUT2D eigenvalue weighted by atomic mass is 16.4. The van der Waals surface area contributed by atoms with Crippen molar-refractivity contribution < 1.29 is 93.3 Å². The molecule has 0 radical (unpaired) electrons. The van der Waals surface area contributed by atoms with Gasteiger partial charge in [-0.1, -0.05) is 0 Å². The molecule has 0 saturated carbocycles. The molecule has 0 aliphatic rings. The van der Waals surface area contributed by atoms with Crippen molar-refractivity contribution in [2.45, 2.75) is 113 Å². The molecule has 14 N–H and O–H groups in total. The standard InChI is InChI=1S/C30H44N6O19/c31-13(26(46)47)1-7-19(37)33-15(27(48)49)3-9-21(39)35-17(29(52)53)4-10-22(40)34-16(28(50)51)2-8-20(38)32-14(5-11-23(41)42)25(45)36-18(30(54)55)6-12-24(43)44/h13-18H,1-12,31H2,(H,32,38)(H,33,37)(H,34,40)(H,35,39)(H,36,45)(H,41,42)(H,43,44)(H,46,47)(H,48,49)(H,50,51)(H,52,53)(H,54,55)/t13-,14-,15-,16-,17-,18-/m0/s1. The van der Waals surface area contributed by atoms with Crippen LogP contribution in [0.4, 0.5) is 0 Å². The summed E-state index contributed by atoms with van der Waals surface area (Å²) in [5, 5.41) is 74.5. The third kappa shape index (κ3) is 21.7. The molecule has 0 unspecified atom stereocenters. The van der Waals surface area contributed by atoms with E-state index >= 15 is 0 Å². The van der Waals surface area contributed by atoms with Crippen molar-refractivity contribution in [3.05, 3.63) is 0 Å². The second-order valence-corrected chi connectivity index (χ2v) is 11.9. The Hall–Kier alpha value is -6.40. The van der Waals surface area contributed by atoms with Crippen molar-refractivity contribution in [2.75, 3.05) is 0 Å². The lowest BCUT2D eigenvalue weighted by molar-refractivity contribution is -0.144. The molecule has 0 aliphatic heterocycles. The minimum atomic E-state index is -1.75. The van der Waals surface area contributed by atoms with Crippen LogP contribution in [0.2, 0.25) is 0 Å². The molecule has 0 aromatic heterocycles. The Morgan fingerprint density at radius 3 is 0.891 bits per heavy atom. The number of aliphatic carboxylic acids is 7. The van der Waals surface area contributed by atoms with Crippen LogP contribution in [0.1, 0.15) is 77.0 Å². The maximum atomic E-state index is 12.7. The third-order valence-corrected chi connectivity index (χ3v) is 7.44. The number of hydrogen-bond donors (Lipinski definition) is 13. The van der Waals surface area contributed by atoms with E-state index < -0.39 is 178 Å². The first-order chi connectivity index (χ1) is 25.5. The van der Waals surface area contributed by atoms with Crippen LogP contribution < -0.4 is 32.3 Å². The fraction of sp³-hybridized carbons (Fsp3) is 0.600. The predicted molar refractivity (Wildman–Crippen MR) is 176 cm³/mol. The number of hydrogen-bond acceptors (Lipinski definition) is 13. The molecule has 0 spiro atoms. The summed E-state index contributed by atoms with van der Waals surface area (Å²) in [5.74, 6) is -15.7. The number of rotatable bonds is 29. The number of amides is 5. The van der Waals surface area contributed by atoms with E-state index in [1.54, 1.807) is 0 Å². The van der Waals surface area contributed by atoms with Gasteiger partial charge in [0.2, 0.25) is 29.5 Å². The minimum absolute atomic E-state index is 0.307. The molecule has 0 aromatic carbocycles. The summed E-state index contributed by atoms with van der Waals surface area (Å²) in [6, 6.07) is -9.81. The molecule has 55 heavy (non-hydrogen) atoms. The topological polar surface area (TPSA) is 433 Å². The van der Waals surface area contributed by atoms with E-state index in [0.29, 0.717) is 0 Å². The van der Waals surface area contributed by atoms with Gasteiger partial charge in [0.1, 0.15) is 36.3 Å². The number of carbonyl (C=O) groups excluding carboxylic acids is 5. The summed E-state index contributed by atoms with van der Waals surface area (Å²) < 4.78 is 0. The van der Waals surface area contributed by atoms with Gasteiger partial charge in [0.15, 0.2) is 0 Å². The Morgan fingerprint density at radius 1 is 0.345 bits per heavy atom. The summed E-state index contributed by atoms with van der Waals surface area (Å²) in [6.07, 6.45) is -6.84. The van der Waals surface area contributed by atoms with Crippen molar-refractivity contribution in [2.24, 2.45) is 5.73 Å². The van der Waals surface area contributed by atoms with Crippen LogP contribution in [0.25, 0.3) is 0 Å². The summed E-state index contributed by atoms with van der Waals surface area (Å²) in [7, 11) is 0. The molecule has 0 aliphatic carbocycles. The largest absolute Gasteiger partial charge is 0.481 e. The van der Waals surface area contributed by atoms with Crippen LogP contribution in [0.5, 0.6) is 0 Å². The lowest BCUT2D eigenvalue weighted by Crippen LogP contribution is -2.52. The fourth-order valence-corrected chi connectivity index (χ4v) is 4.41. The summed E-state index contributed by atoms with van der Waals surface area (Å²) in [6.45, 7) is 0. The first-order valence-electron chi connectivity index (χ1n) is 16.3. The van der Waals surface area contributed by atoms with Crippen LogP contribution in [0.3, 0.4) is 0 Å².